The van der Waals surface area contributed by atoms with Gasteiger partial charge in [0.15, 0.2) is 0 Å². The molecule has 0 saturated carbocycles. The Bertz CT molecular complexity index is 147. The van der Waals surface area contributed by atoms with Gasteiger partial charge in [0, 0.05) is 0 Å². The second-order valence-corrected chi connectivity index (χ2v) is 2.33. The van der Waals surface area contributed by atoms with Gasteiger partial charge in [-0.2, -0.15) is 0 Å². The molecule has 0 radical (unpaired) electrons. The molecule has 1 aromatic heterocycles. The van der Waals surface area contributed by atoms with Crippen LogP contribution in [0.4, 0.5) is 0 Å². The Hall–Kier alpha value is -0.237. The van der Waals surface area contributed by atoms with Gasteiger partial charge in [0.25, 0.3) is 0 Å². The van der Waals surface area contributed by atoms with E-state index in [1.165, 1.54) is 9.85 Å². The van der Waals surface area contributed by atoms with Crippen LogP contribution in [0, 0.1) is 6.92 Å². The number of halogens is 2. The fraction of sp³-hybridized carbons (Fsp3) is 0.200. The molecule has 1 aromatic rings. The van der Waals surface area contributed by atoms with Crippen molar-refractivity contribution in [1.82, 2.24) is 4.98 Å². The van der Waals surface area contributed by atoms with Crippen LogP contribution in [0.1, 0.15) is 5.56 Å². The Balaban J connectivity index is 0. The largest absolute Gasteiger partial charge is 1.00 e. The van der Waals surface area contributed by atoms with Crippen LogP contribution in [0.3, 0.4) is 0 Å². The third-order valence-corrected chi connectivity index (χ3v) is 1.81. The molecule has 53 valence electrons. The summed E-state index contributed by atoms with van der Waals surface area (Å²) in [5.41, 5.74) is 1.30. The molecule has 1 rings (SSSR count). The summed E-state index contributed by atoms with van der Waals surface area (Å²) in [6, 6.07) is 2.05. The average Bonchev–Trinajstić information content (AvgIpc) is 1.91. The van der Waals surface area contributed by atoms with Gasteiger partial charge in [0.2, 0.25) is 0 Å². The number of H-pyrrole nitrogens is 1. The summed E-state index contributed by atoms with van der Waals surface area (Å²) in [5, 5.41) is 0. The molecule has 0 saturated heterocycles. The molecular weight excluding hydrogens is 213 g/mol. The Kier molecular flexibility index (Phi) is 5.93. The average molecular weight is 219 g/mol. The normalized spacial score (nSPS) is 7.22. The molecule has 0 bridgehead atoms. The zero-order chi connectivity index (χ0) is 5.28. The zero-order valence-electron chi connectivity index (χ0n) is 4.76. The minimum absolute atomic E-state index is 0. The van der Waals surface area contributed by atoms with E-state index in [-0.39, 0.29) is 9.41 Å². The molecule has 0 aromatic carbocycles. The van der Waals surface area contributed by atoms with E-state index in [1.54, 1.807) is 0 Å². The maximum Gasteiger partial charge on any atom is -1.00 e. The Morgan fingerprint density at radius 2 is 2.00 bits per heavy atom. The first kappa shape index (κ1) is 11.5. The quantitative estimate of drug-likeness (QED) is 0.419. The molecule has 1 heterocycles. The van der Waals surface area contributed by atoms with Crippen LogP contribution < -0.4 is 13.7 Å². The molecule has 0 unspecified atom stereocenters. The Morgan fingerprint density at radius 3 is 2.11 bits per heavy atom. The summed E-state index contributed by atoms with van der Waals surface area (Å²) in [7, 11) is 0. The first-order valence-corrected chi connectivity index (χ1v) is 2.96. The second kappa shape index (κ2) is 4.62. The van der Waals surface area contributed by atoms with Crippen molar-refractivity contribution in [2.24, 2.45) is 0 Å². The van der Waals surface area contributed by atoms with Crippen molar-refractivity contribution in [2.45, 2.75) is 6.92 Å². The molecular formula is C5H6F2NRu. The van der Waals surface area contributed by atoms with Gasteiger partial charge >= 0.3 is 52.3 Å². The Labute approximate surface area is 62.3 Å². The van der Waals surface area contributed by atoms with E-state index in [2.05, 4.69) is 30.2 Å². The maximum absolute atomic E-state index is 3.04. The molecule has 0 spiro atoms. The van der Waals surface area contributed by atoms with Crippen LogP contribution in [0.25, 0.3) is 0 Å². The smallest absolute Gasteiger partial charge is 1.00 e. The molecule has 0 amide bonds. The van der Waals surface area contributed by atoms with E-state index < -0.39 is 0 Å². The minimum atomic E-state index is 0. The first-order chi connectivity index (χ1) is 3.30. The van der Waals surface area contributed by atoms with Crippen LogP contribution in [-0.2, 0) is 18.3 Å². The number of nitrogens with one attached hydrogen (secondary N) is 1. The number of aryl methyl sites for hydroxylation is 1. The van der Waals surface area contributed by atoms with Crippen LogP contribution in [0.2, 0.25) is 0 Å². The monoisotopic (exact) mass is 220 g/mol. The summed E-state index contributed by atoms with van der Waals surface area (Å²) < 4.78 is 1.19. The number of hydrogen-bond acceptors (Lipinski definition) is 0. The molecule has 0 aliphatic rings. The fourth-order valence-electron chi connectivity index (χ4n) is 0.423. The van der Waals surface area contributed by atoms with E-state index in [9.17, 15) is 0 Å². The molecule has 4 heteroatoms. The van der Waals surface area contributed by atoms with E-state index in [0.717, 1.165) is 0 Å². The molecule has 0 atom stereocenters. The van der Waals surface area contributed by atoms with Gasteiger partial charge in [-0.15, -0.1) is 0 Å². The van der Waals surface area contributed by atoms with E-state index in [0.29, 0.717) is 0 Å². The first-order valence-electron chi connectivity index (χ1n) is 2.09. The maximum atomic E-state index is 3.04. The second-order valence-electron chi connectivity index (χ2n) is 1.46. The third-order valence-electron chi connectivity index (χ3n) is 0.876. The van der Waals surface area contributed by atoms with Gasteiger partial charge in [-0.25, -0.2) is 0 Å². The van der Waals surface area contributed by atoms with Crippen LogP contribution in [-0.4, -0.2) is 4.98 Å². The van der Waals surface area contributed by atoms with Crippen molar-refractivity contribution in [1.29, 1.82) is 0 Å². The predicted molar refractivity (Wildman–Crippen MR) is 25.2 cm³/mol. The van der Waals surface area contributed by atoms with Crippen molar-refractivity contribution >= 4 is 4.29 Å². The minimum Gasteiger partial charge on any atom is -1.00 e. The van der Waals surface area contributed by atoms with Crippen LogP contribution in [0.15, 0.2) is 12.3 Å². The molecule has 0 aliphatic heterocycles. The van der Waals surface area contributed by atoms with Gasteiger partial charge in [0.05, 0.1) is 0 Å². The molecule has 0 fully saturated rings. The summed E-state index contributed by atoms with van der Waals surface area (Å²) in [4.78, 5) is 3.04. The van der Waals surface area contributed by atoms with Crippen molar-refractivity contribution in [3.05, 3.63) is 17.8 Å². The third kappa shape index (κ3) is 2.71. The molecule has 1 N–H and O–H groups in total. The molecule has 0 aliphatic carbocycles. The topological polar surface area (TPSA) is 15.8 Å². The van der Waals surface area contributed by atoms with Crippen molar-refractivity contribution in [2.75, 3.05) is 0 Å². The van der Waals surface area contributed by atoms with Crippen molar-refractivity contribution in [3.8, 4) is 0 Å². The Morgan fingerprint density at radius 1 is 1.44 bits per heavy atom. The summed E-state index contributed by atoms with van der Waals surface area (Å²) in [5.74, 6) is 0. The van der Waals surface area contributed by atoms with E-state index >= 15 is 0 Å². The van der Waals surface area contributed by atoms with Gasteiger partial charge < -0.3 is 9.41 Å². The number of rotatable bonds is 0. The van der Waals surface area contributed by atoms with Crippen molar-refractivity contribution < 1.29 is 27.7 Å². The van der Waals surface area contributed by atoms with Crippen molar-refractivity contribution in [3.63, 3.8) is 0 Å². The fourth-order valence-corrected chi connectivity index (χ4v) is 0.712. The zero-order valence-corrected chi connectivity index (χ0v) is 6.50. The molecule has 9 heavy (non-hydrogen) atoms. The standard InChI is InChI=1S/C5H6N.2FH.Ru/c1-5-2-3-6-4-5;;;/h2-3,6H,1H3;2*1H;/q;;;+2/p-2. The van der Waals surface area contributed by atoms with Gasteiger partial charge in [-0.05, 0) is 0 Å². The molecule has 1 nitrogen and oxygen atoms in total. The van der Waals surface area contributed by atoms with Crippen LogP contribution >= 0.6 is 0 Å². The van der Waals surface area contributed by atoms with Gasteiger partial charge in [0.1, 0.15) is 0 Å². The van der Waals surface area contributed by atoms with E-state index in [4.69, 9.17) is 0 Å². The summed E-state index contributed by atoms with van der Waals surface area (Å²) in [6.45, 7) is 2.07. The number of aromatic nitrogens is 1. The van der Waals surface area contributed by atoms with Gasteiger partial charge in [-0.3, -0.25) is 0 Å². The number of aromatic amines is 1. The number of hydrogen-bond donors (Lipinski definition) is 1. The van der Waals surface area contributed by atoms with E-state index in [1.807, 2.05) is 12.3 Å². The SMILES string of the molecule is Cc1cc[nH][c]1[Ru+2].[F-].[F-]. The summed E-state index contributed by atoms with van der Waals surface area (Å²) in [6.07, 6.45) is 1.93. The van der Waals surface area contributed by atoms with Crippen LogP contribution in [0.5, 0.6) is 0 Å². The predicted octanol–water partition coefficient (Wildman–Crippen LogP) is -5.50. The summed E-state index contributed by atoms with van der Waals surface area (Å²) >= 11 is 2.53. The van der Waals surface area contributed by atoms with Gasteiger partial charge in [-0.1, -0.05) is 0 Å².